The lowest BCUT2D eigenvalue weighted by Gasteiger charge is -2.66. The Labute approximate surface area is 146 Å². The second-order valence-electron chi connectivity index (χ2n) is 8.91. The Morgan fingerprint density at radius 2 is 1.88 bits per heavy atom. The van der Waals surface area contributed by atoms with Crippen molar-refractivity contribution >= 4 is 5.91 Å². The van der Waals surface area contributed by atoms with Crippen molar-refractivity contribution in [1.82, 2.24) is 9.80 Å². The molecule has 0 spiro atoms. The van der Waals surface area contributed by atoms with E-state index in [2.05, 4.69) is 32.6 Å². The van der Waals surface area contributed by atoms with Gasteiger partial charge in [-0.3, -0.25) is 4.79 Å². The SMILES string of the molecule is CC(C)N1CCC(N(C)C(=O)C2(N)C3CCCOC3C2(C)C)CC1. The minimum atomic E-state index is -0.776. The predicted octanol–water partition coefficient (Wildman–Crippen LogP) is 1.85. The molecule has 3 unspecified atom stereocenters. The molecule has 3 aliphatic rings. The topological polar surface area (TPSA) is 58.8 Å². The molecular formula is C19H35N3O2. The van der Waals surface area contributed by atoms with E-state index in [-0.39, 0.29) is 23.3 Å². The summed E-state index contributed by atoms with van der Waals surface area (Å²) in [6.07, 6.45) is 4.25. The lowest BCUT2D eigenvalue weighted by molar-refractivity contribution is -0.230. The number of likely N-dealkylation sites (tertiary alicyclic amines) is 1. The summed E-state index contributed by atoms with van der Waals surface area (Å²) in [5.74, 6) is 0.300. The van der Waals surface area contributed by atoms with Gasteiger partial charge >= 0.3 is 0 Å². The molecule has 138 valence electrons. The van der Waals surface area contributed by atoms with Gasteiger partial charge in [0.2, 0.25) is 5.91 Å². The quantitative estimate of drug-likeness (QED) is 0.854. The molecule has 2 heterocycles. The maximum Gasteiger partial charge on any atom is 0.243 e. The molecule has 2 N–H and O–H groups in total. The Morgan fingerprint density at radius 1 is 1.25 bits per heavy atom. The van der Waals surface area contributed by atoms with Crippen LogP contribution in [0.15, 0.2) is 0 Å². The lowest BCUT2D eigenvalue weighted by Crippen LogP contribution is -2.82. The Kier molecular flexibility index (Phi) is 4.73. The Hall–Kier alpha value is -0.650. The zero-order valence-electron chi connectivity index (χ0n) is 16.0. The number of nitrogens with two attached hydrogens (primary N) is 1. The zero-order valence-corrected chi connectivity index (χ0v) is 16.0. The molecule has 3 atom stereocenters. The minimum Gasteiger partial charge on any atom is -0.377 e. The minimum absolute atomic E-state index is 0.127. The molecule has 3 rings (SSSR count). The van der Waals surface area contributed by atoms with Crippen molar-refractivity contribution in [2.45, 2.75) is 77.1 Å². The normalized spacial score (nSPS) is 37.0. The van der Waals surface area contributed by atoms with E-state index in [0.29, 0.717) is 12.1 Å². The van der Waals surface area contributed by atoms with Crippen molar-refractivity contribution < 1.29 is 9.53 Å². The molecule has 1 aliphatic carbocycles. The maximum absolute atomic E-state index is 13.4. The van der Waals surface area contributed by atoms with Crippen molar-refractivity contribution in [3.8, 4) is 0 Å². The molecule has 2 saturated heterocycles. The smallest absolute Gasteiger partial charge is 0.243 e. The third-order valence-corrected chi connectivity index (χ3v) is 7.14. The maximum atomic E-state index is 13.4. The predicted molar refractivity (Wildman–Crippen MR) is 95.7 cm³/mol. The largest absolute Gasteiger partial charge is 0.377 e. The number of ether oxygens (including phenoxy) is 1. The van der Waals surface area contributed by atoms with Gasteiger partial charge in [0.25, 0.3) is 0 Å². The van der Waals surface area contributed by atoms with Crippen molar-refractivity contribution in [2.24, 2.45) is 17.1 Å². The van der Waals surface area contributed by atoms with Crippen LogP contribution in [-0.2, 0) is 9.53 Å². The zero-order chi connectivity index (χ0) is 17.7. The van der Waals surface area contributed by atoms with Gasteiger partial charge in [-0.15, -0.1) is 0 Å². The summed E-state index contributed by atoms with van der Waals surface area (Å²) in [4.78, 5) is 17.8. The van der Waals surface area contributed by atoms with Crippen LogP contribution in [0.5, 0.6) is 0 Å². The van der Waals surface area contributed by atoms with Crippen LogP contribution in [0.25, 0.3) is 0 Å². The standard InChI is InChI=1S/C19H35N3O2/c1-13(2)22-10-8-14(9-11-22)21(5)17(23)19(20)15-7-6-12-24-16(15)18(19,3)4/h13-16H,6-12,20H2,1-5H3. The number of hydrogen-bond donors (Lipinski definition) is 1. The second kappa shape index (κ2) is 6.26. The van der Waals surface area contributed by atoms with Crippen LogP contribution < -0.4 is 5.73 Å². The molecule has 0 bridgehead atoms. The number of amides is 1. The van der Waals surface area contributed by atoms with E-state index in [0.717, 1.165) is 45.4 Å². The van der Waals surface area contributed by atoms with Gasteiger partial charge in [-0.1, -0.05) is 13.8 Å². The highest BCUT2D eigenvalue weighted by atomic mass is 16.5. The van der Waals surface area contributed by atoms with Gasteiger partial charge in [-0.05, 0) is 39.5 Å². The van der Waals surface area contributed by atoms with Crippen molar-refractivity contribution in [3.05, 3.63) is 0 Å². The third-order valence-electron chi connectivity index (χ3n) is 7.14. The van der Waals surface area contributed by atoms with Crippen molar-refractivity contribution in [2.75, 3.05) is 26.7 Å². The van der Waals surface area contributed by atoms with Gasteiger partial charge in [0.15, 0.2) is 0 Å². The molecule has 0 aromatic carbocycles. The summed E-state index contributed by atoms with van der Waals surface area (Å²) < 4.78 is 5.95. The molecule has 2 aliphatic heterocycles. The van der Waals surface area contributed by atoms with Crippen molar-refractivity contribution in [3.63, 3.8) is 0 Å². The second-order valence-corrected chi connectivity index (χ2v) is 8.91. The average Bonchev–Trinajstić information content (AvgIpc) is 2.59. The molecule has 1 amide bonds. The van der Waals surface area contributed by atoms with Crippen LogP contribution in [-0.4, -0.2) is 66.2 Å². The fraction of sp³-hybridized carbons (Fsp3) is 0.947. The summed E-state index contributed by atoms with van der Waals surface area (Å²) in [6.45, 7) is 11.6. The summed E-state index contributed by atoms with van der Waals surface area (Å²) in [5.41, 5.74) is 5.71. The summed E-state index contributed by atoms with van der Waals surface area (Å²) in [5, 5.41) is 0. The molecule has 3 fully saturated rings. The highest BCUT2D eigenvalue weighted by molar-refractivity contribution is 5.89. The lowest BCUT2D eigenvalue weighted by atomic mass is 9.46. The fourth-order valence-electron chi connectivity index (χ4n) is 5.26. The van der Waals surface area contributed by atoms with Gasteiger partial charge in [0.1, 0.15) is 5.54 Å². The number of carbonyl (C=O) groups excluding carboxylic acids is 1. The van der Waals surface area contributed by atoms with Gasteiger partial charge in [0.05, 0.1) is 6.10 Å². The van der Waals surface area contributed by atoms with Crippen molar-refractivity contribution in [1.29, 1.82) is 0 Å². The van der Waals surface area contributed by atoms with E-state index in [9.17, 15) is 4.79 Å². The van der Waals surface area contributed by atoms with E-state index in [1.807, 2.05) is 11.9 Å². The van der Waals surface area contributed by atoms with Gasteiger partial charge in [-0.2, -0.15) is 0 Å². The molecule has 0 aromatic heterocycles. The van der Waals surface area contributed by atoms with Gasteiger partial charge in [-0.25, -0.2) is 0 Å². The molecule has 5 nitrogen and oxygen atoms in total. The number of piperidine rings is 1. The van der Waals surface area contributed by atoms with Crippen LogP contribution in [0.4, 0.5) is 0 Å². The Morgan fingerprint density at radius 3 is 2.46 bits per heavy atom. The highest BCUT2D eigenvalue weighted by Crippen LogP contribution is 2.58. The summed E-state index contributed by atoms with van der Waals surface area (Å²) >= 11 is 0. The number of fused-ring (bicyclic) bond motifs is 1. The molecule has 0 aromatic rings. The molecule has 1 saturated carbocycles. The van der Waals surface area contributed by atoms with E-state index < -0.39 is 5.54 Å². The highest BCUT2D eigenvalue weighted by Gasteiger charge is 2.70. The Bertz CT molecular complexity index is 485. The van der Waals surface area contributed by atoms with Crippen LogP contribution in [0, 0.1) is 11.3 Å². The van der Waals surface area contributed by atoms with Crippen LogP contribution in [0.1, 0.15) is 53.4 Å². The molecule has 24 heavy (non-hydrogen) atoms. The number of hydrogen-bond acceptors (Lipinski definition) is 4. The van der Waals surface area contributed by atoms with Gasteiger partial charge < -0.3 is 20.3 Å². The first kappa shape index (κ1) is 18.2. The number of carbonyl (C=O) groups is 1. The fourth-order valence-corrected chi connectivity index (χ4v) is 5.26. The number of likely N-dealkylation sites (N-methyl/N-ethyl adjacent to an activating group) is 1. The average molecular weight is 338 g/mol. The number of nitrogens with zero attached hydrogens (tertiary/aromatic N) is 2. The summed E-state index contributed by atoms with van der Waals surface area (Å²) in [7, 11) is 1.96. The number of rotatable bonds is 3. The third kappa shape index (κ3) is 2.51. The monoisotopic (exact) mass is 337 g/mol. The van der Waals surface area contributed by atoms with E-state index >= 15 is 0 Å². The van der Waals surface area contributed by atoms with Gasteiger partial charge in [0, 0.05) is 50.2 Å². The van der Waals surface area contributed by atoms with E-state index in [1.165, 1.54) is 0 Å². The molecule has 5 heteroatoms. The molecular weight excluding hydrogens is 302 g/mol. The molecule has 0 radical (unpaired) electrons. The first-order valence-corrected chi connectivity index (χ1v) is 9.63. The summed E-state index contributed by atoms with van der Waals surface area (Å²) in [6, 6.07) is 0.894. The van der Waals surface area contributed by atoms with E-state index in [4.69, 9.17) is 10.5 Å². The first-order valence-electron chi connectivity index (χ1n) is 9.63. The Balaban J connectivity index is 1.69. The first-order chi connectivity index (χ1) is 11.2. The van der Waals surface area contributed by atoms with Crippen LogP contribution in [0.3, 0.4) is 0 Å². The van der Waals surface area contributed by atoms with Crippen LogP contribution >= 0.6 is 0 Å². The van der Waals surface area contributed by atoms with E-state index in [1.54, 1.807) is 0 Å². The van der Waals surface area contributed by atoms with Crippen LogP contribution in [0.2, 0.25) is 0 Å².